The van der Waals surface area contributed by atoms with Gasteiger partial charge in [0.2, 0.25) is 0 Å². The molecule has 3 nitrogen and oxygen atoms in total. The minimum absolute atomic E-state index is 0.0669. The number of benzene rings is 3. The van der Waals surface area contributed by atoms with Crippen LogP contribution < -0.4 is 5.32 Å². The van der Waals surface area contributed by atoms with Crippen LogP contribution >= 0.6 is 11.6 Å². The molecular weight excluding hydrogens is 310 g/mol. The van der Waals surface area contributed by atoms with Gasteiger partial charge in [0, 0.05) is 22.9 Å². The normalized spacial score (nSPS) is 11.0. The van der Waals surface area contributed by atoms with Crippen molar-refractivity contribution in [2.45, 2.75) is 0 Å². The van der Waals surface area contributed by atoms with Crippen molar-refractivity contribution in [1.29, 1.82) is 0 Å². The van der Waals surface area contributed by atoms with Gasteiger partial charge in [0.05, 0.1) is 5.69 Å². The number of carbonyl (C=O) groups is 1. The molecule has 0 fully saturated rings. The fourth-order valence-electron chi connectivity index (χ4n) is 2.27. The van der Waals surface area contributed by atoms with Gasteiger partial charge in [-0.1, -0.05) is 48.0 Å². The number of halogens is 1. The van der Waals surface area contributed by atoms with Gasteiger partial charge in [0.15, 0.2) is 5.78 Å². The van der Waals surface area contributed by atoms with Crippen LogP contribution in [0.1, 0.15) is 10.4 Å². The van der Waals surface area contributed by atoms with Crippen LogP contribution in [0.5, 0.6) is 5.75 Å². The summed E-state index contributed by atoms with van der Waals surface area (Å²) in [5, 5.41) is 15.2. The SMILES string of the molecule is O=C(C=CNc1cc(Cl)ccc1O)c1ccc2ccccc2c1. The number of carbonyl (C=O) groups excluding carboxylic acids is 1. The molecule has 0 aromatic heterocycles. The molecule has 0 saturated heterocycles. The highest BCUT2D eigenvalue weighted by Gasteiger charge is 2.03. The van der Waals surface area contributed by atoms with Gasteiger partial charge in [0.1, 0.15) is 5.75 Å². The number of fused-ring (bicyclic) bond motifs is 1. The number of anilines is 1. The van der Waals surface area contributed by atoms with Crippen molar-refractivity contribution in [2.24, 2.45) is 0 Å². The van der Waals surface area contributed by atoms with Crippen LogP contribution in [0.25, 0.3) is 10.8 Å². The van der Waals surface area contributed by atoms with Crippen LogP contribution in [-0.2, 0) is 0 Å². The number of hydrogen-bond acceptors (Lipinski definition) is 3. The lowest BCUT2D eigenvalue weighted by molar-refractivity contribution is 0.104. The smallest absolute Gasteiger partial charge is 0.187 e. The largest absolute Gasteiger partial charge is 0.506 e. The molecule has 2 N–H and O–H groups in total. The summed E-state index contributed by atoms with van der Waals surface area (Å²) in [7, 11) is 0. The molecule has 0 heterocycles. The number of allylic oxidation sites excluding steroid dienone is 1. The predicted molar refractivity (Wildman–Crippen MR) is 94.2 cm³/mol. The number of hydrogen-bond donors (Lipinski definition) is 2. The van der Waals surface area contributed by atoms with Crippen molar-refractivity contribution in [3.05, 3.63) is 83.5 Å². The number of phenols is 1. The molecule has 23 heavy (non-hydrogen) atoms. The Kier molecular flexibility index (Phi) is 4.31. The molecule has 0 unspecified atom stereocenters. The zero-order valence-corrected chi connectivity index (χ0v) is 12.9. The van der Waals surface area contributed by atoms with Crippen molar-refractivity contribution in [3.8, 4) is 5.75 Å². The summed E-state index contributed by atoms with van der Waals surface area (Å²) >= 11 is 5.87. The number of nitrogens with one attached hydrogen (secondary N) is 1. The number of rotatable bonds is 4. The van der Waals surface area contributed by atoms with Gasteiger partial charge in [-0.25, -0.2) is 0 Å². The van der Waals surface area contributed by atoms with Gasteiger partial charge in [-0.05, 0) is 35.0 Å². The lowest BCUT2D eigenvalue weighted by Crippen LogP contribution is -1.96. The molecule has 0 atom stereocenters. The second-order valence-corrected chi connectivity index (χ2v) is 5.50. The summed E-state index contributed by atoms with van der Waals surface area (Å²) in [6, 6.07) is 18.1. The first-order chi connectivity index (χ1) is 11.1. The molecule has 3 aromatic carbocycles. The van der Waals surface area contributed by atoms with Gasteiger partial charge in [-0.3, -0.25) is 4.79 Å². The molecule has 3 rings (SSSR count). The topological polar surface area (TPSA) is 49.3 Å². The fourth-order valence-corrected chi connectivity index (χ4v) is 2.44. The maximum absolute atomic E-state index is 12.2. The summed E-state index contributed by atoms with van der Waals surface area (Å²) in [5.74, 6) is -0.0537. The fraction of sp³-hybridized carbons (Fsp3) is 0. The molecular formula is C19H14ClNO2. The van der Waals surface area contributed by atoms with Crippen LogP contribution in [0.4, 0.5) is 5.69 Å². The number of ketones is 1. The summed E-state index contributed by atoms with van der Waals surface area (Å²) in [5.41, 5.74) is 1.05. The summed E-state index contributed by atoms with van der Waals surface area (Å²) in [6.45, 7) is 0. The van der Waals surface area contributed by atoms with Crippen molar-refractivity contribution in [3.63, 3.8) is 0 Å². The van der Waals surface area contributed by atoms with E-state index < -0.39 is 0 Å². The molecule has 0 spiro atoms. The van der Waals surface area contributed by atoms with Crippen LogP contribution in [0.2, 0.25) is 5.02 Å². The van der Waals surface area contributed by atoms with E-state index >= 15 is 0 Å². The van der Waals surface area contributed by atoms with E-state index in [-0.39, 0.29) is 11.5 Å². The maximum atomic E-state index is 12.2. The van der Waals surface area contributed by atoms with Gasteiger partial charge in [0.25, 0.3) is 0 Å². The Morgan fingerprint density at radius 2 is 1.78 bits per heavy atom. The Bertz CT molecular complexity index is 903. The van der Waals surface area contributed by atoms with E-state index in [0.717, 1.165) is 10.8 Å². The maximum Gasteiger partial charge on any atom is 0.187 e. The molecule has 0 aliphatic heterocycles. The van der Waals surface area contributed by atoms with E-state index in [0.29, 0.717) is 16.3 Å². The number of aromatic hydroxyl groups is 1. The van der Waals surface area contributed by atoms with Crippen LogP contribution in [0, 0.1) is 0 Å². The predicted octanol–water partition coefficient (Wildman–Crippen LogP) is 5.01. The van der Waals surface area contributed by atoms with Crippen molar-refractivity contribution < 1.29 is 9.90 Å². The first kappa shape index (κ1) is 15.1. The Balaban J connectivity index is 1.76. The zero-order valence-electron chi connectivity index (χ0n) is 12.2. The Morgan fingerprint density at radius 3 is 2.61 bits per heavy atom. The van der Waals surface area contributed by atoms with E-state index in [4.69, 9.17) is 11.6 Å². The Hall–Kier alpha value is -2.78. The van der Waals surface area contributed by atoms with Gasteiger partial charge < -0.3 is 10.4 Å². The average molecular weight is 324 g/mol. The minimum atomic E-state index is -0.121. The third-order valence-electron chi connectivity index (χ3n) is 3.47. The highest BCUT2D eigenvalue weighted by molar-refractivity contribution is 6.30. The lowest BCUT2D eigenvalue weighted by Gasteiger charge is -2.04. The average Bonchev–Trinajstić information content (AvgIpc) is 2.57. The number of phenolic OH excluding ortho intramolecular Hbond substituents is 1. The quantitative estimate of drug-likeness (QED) is 0.403. The minimum Gasteiger partial charge on any atom is -0.506 e. The molecule has 3 aromatic rings. The third-order valence-corrected chi connectivity index (χ3v) is 3.70. The van der Waals surface area contributed by atoms with E-state index in [1.165, 1.54) is 18.3 Å². The van der Waals surface area contributed by atoms with E-state index in [1.54, 1.807) is 18.2 Å². The summed E-state index contributed by atoms with van der Waals surface area (Å²) in [6.07, 6.45) is 2.91. The van der Waals surface area contributed by atoms with E-state index in [2.05, 4.69) is 5.32 Å². The van der Waals surface area contributed by atoms with Crippen LogP contribution in [0.15, 0.2) is 72.9 Å². The Labute approximate surface area is 138 Å². The Morgan fingerprint density at radius 1 is 1.00 bits per heavy atom. The molecule has 0 bridgehead atoms. The monoisotopic (exact) mass is 323 g/mol. The van der Waals surface area contributed by atoms with Crippen molar-refractivity contribution in [2.75, 3.05) is 5.32 Å². The molecule has 4 heteroatoms. The zero-order chi connectivity index (χ0) is 16.2. The highest BCUT2D eigenvalue weighted by Crippen LogP contribution is 2.26. The summed E-state index contributed by atoms with van der Waals surface area (Å²) < 4.78 is 0. The first-order valence-electron chi connectivity index (χ1n) is 7.08. The van der Waals surface area contributed by atoms with Crippen molar-refractivity contribution >= 4 is 33.8 Å². The van der Waals surface area contributed by atoms with Crippen molar-refractivity contribution in [1.82, 2.24) is 0 Å². The molecule has 0 amide bonds. The van der Waals surface area contributed by atoms with E-state index in [1.807, 2.05) is 36.4 Å². The van der Waals surface area contributed by atoms with Crippen LogP contribution in [-0.4, -0.2) is 10.9 Å². The second-order valence-electron chi connectivity index (χ2n) is 5.07. The molecule has 114 valence electrons. The lowest BCUT2D eigenvalue weighted by atomic mass is 10.0. The third kappa shape index (κ3) is 3.52. The van der Waals surface area contributed by atoms with E-state index in [9.17, 15) is 9.90 Å². The van der Waals surface area contributed by atoms with Gasteiger partial charge in [-0.15, -0.1) is 0 Å². The molecule has 0 aliphatic rings. The van der Waals surface area contributed by atoms with Gasteiger partial charge >= 0.3 is 0 Å². The summed E-state index contributed by atoms with van der Waals surface area (Å²) in [4.78, 5) is 12.2. The van der Waals surface area contributed by atoms with Gasteiger partial charge in [-0.2, -0.15) is 0 Å². The molecule has 0 aliphatic carbocycles. The highest BCUT2D eigenvalue weighted by atomic mass is 35.5. The van der Waals surface area contributed by atoms with Crippen LogP contribution in [0.3, 0.4) is 0 Å². The second kappa shape index (κ2) is 6.55. The molecule has 0 saturated carbocycles. The molecule has 0 radical (unpaired) electrons. The standard InChI is InChI=1S/C19H14ClNO2/c20-16-7-8-19(23)17(12-16)21-10-9-18(22)15-6-5-13-3-1-2-4-14(13)11-15/h1-12,21,23H. The first-order valence-corrected chi connectivity index (χ1v) is 7.46.